The highest BCUT2D eigenvalue weighted by Crippen LogP contribution is 2.28. The number of rotatable bonds is 7. The van der Waals surface area contributed by atoms with Gasteiger partial charge in [-0.1, -0.05) is 60.3 Å². The summed E-state index contributed by atoms with van der Waals surface area (Å²) in [5, 5.41) is 9.99. The van der Waals surface area contributed by atoms with E-state index in [0.717, 1.165) is 0 Å². The molecule has 0 saturated heterocycles. The van der Waals surface area contributed by atoms with Gasteiger partial charge in [0.25, 0.3) is 0 Å². The summed E-state index contributed by atoms with van der Waals surface area (Å²) < 4.78 is 15.0. The molecule has 0 aliphatic heterocycles. The van der Waals surface area contributed by atoms with E-state index in [1.54, 1.807) is 38.1 Å². The first kappa shape index (κ1) is 31.1. The molecule has 0 aromatic heterocycles. The van der Waals surface area contributed by atoms with E-state index in [1.165, 1.54) is 12.1 Å². The van der Waals surface area contributed by atoms with Crippen molar-refractivity contribution in [1.29, 1.82) is 0 Å². The second-order valence-electron chi connectivity index (χ2n) is 6.90. The first-order chi connectivity index (χ1) is 15.3. The van der Waals surface area contributed by atoms with Crippen LogP contribution < -0.4 is 15.2 Å². The van der Waals surface area contributed by atoms with Crippen LogP contribution in [0.2, 0.25) is 20.1 Å². The van der Waals surface area contributed by atoms with E-state index < -0.39 is 18.5 Å². The number of carbonyl (C=O) groups excluding carboxylic acids is 1. The van der Waals surface area contributed by atoms with Crippen LogP contribution >= 0.6 is 46.4 Å². The number of nitrogens with two attached hydrogens (primary N) is 1. The van der Waals surface area contributed by atoms with Crippen molar-refractivity contribution in [2.75, 3.05) is 13.2 Å². The van der Waals surface area contributed by atoms with Crippen molar-refractivity contribution in [2.45, 2.75) is 39.8 Å². The summed E-state index contributed by atoms with van der Waals surface area (Å²) in [4.78, 5) is 21.3. The third-order valence-electron chi connectivity index (χ3n) is 2.85. The van der Waals surface area contributed by atoms with Crippen LogP contribution in [0.5, 0.6) is 11.5 Å². The lowest BCUT2D eigenvalue weighted by atomic mass is 10.3. The molecule has 0 aliphatic rings. The van der Waals surface area contributed by atoms with Crippen molar-refractivity contribution < 1.29 is 28.9 Å². The monoisotopic (exact) mass is 541 g/mol. The van der Waals surface area contributed by atoms with Gasteiger partial charge in [0.05, 0.1) is 16.1 Å². The molecule has 7 nitrogen and oxygen atoms in total. The van der Waals surface area contributed by atoms with E-state index in [-0.39, 0.29) is 12.7 Å². The smallest absolute Gasteiger partial charge is 0.344 e. The number of aliphatic carboxylic acids is 1. The number of benzene rings is 2. The Labute approximate surface area is 213 Å². The summed E-state index contributed by atoms with van der Waals surface area (Å²) in [7, 11) is 0. The average molecular weight is 543 g/mol. The molecule has 0 heterocycles. The van der Waals surface area contributed by atoms with E-state index in [2.05, 4.69) is 0 Å². The first-order valence-electron chi connectivity index (χ1n) is 9.64. The average Bonchev–Trinajstić information content (AvgIpc) is 2.66. The predicted octanol–water partition coefficient (Wildman–Crippen LogP) is 6.13. The molecule has 0 bridgehead atoms. The van der Waals surface area contributed by atoms with Crippen molar-refractivity contribution in [3.63, 3.8) is 0 Å². The van der Waals surface area contributed by atoms with Gasteiger partial charge in [-0.15, -0.1) is 0 Å². The third-order valence-corrected chi connectivity index (χ3v) is 3.91. The minimum absolute atomic E-state index is 0.156. The van der Waals surface area contributed by atoms with E-state index >= 15 is 0 Å². The zero-order chi connectivity index (χ0) is 25.6. The molecule has 3 N–H and O–H groups in total. The summed E-state index contributed by atoms with van der Waals surface area (Å²) >= 11 is 22.9. The van der Waals surface area contributed by atoms with Gasteiger partial charge >= 0.3 is 11.9 Å². The van der Waals surface area contributed by atoms with Crippen LogP contribution in [0.1, 0.15) is 27.7 Å². The molecule has 0 aliphatic carbocycles. The van der Waals surface area contributed by atoms with Gasteiger partial charge in [-0.25, -0.2) is 9.59 Å². The van der Waals surface area contributed by atoms with Crippen LogP contribution in [0.25, 0.3) is 0 Å². The van der Waals surface area contributed by atoms with Gasteiger partial charge in [0.1, 0.15) is 11.5 Å². The normalized spacial score (nSPS) is 9.91. The molecule has 2 rings (SSSR count). The van der Waals surface area contributed by atoms with Crippen LogP contribution in [-0.2, 0) is 14.3 Å². The van der Waals surface area contributed by atoms with Crippen LogP contribution in [0, 0.1) is 0 Å². The van der Waals surface area contributed by atoms with Crippen LogP contribution in [0.15, 0.2) is 36.4 Å². The zero-order valence-electron chi connectivity index (χ0n) is 18.6. The summed E-state index contributed by atoms with van der Waals surface area (Å²) in [6, 6.07) is 9.70. The second kappa shape index (κ2) is 16.7. The van der Waals surface area contributed by atoms with Crippen molar-refractivity contribution in [3.8, 4) is 11.5 Å². The number of carbonyl (C=O) groups is 2. The summed E-state index contributed by atoms with van der Waals surface area (Å²) in [6.07, 6.45) is -0.156. The van der Waals surface area contributed by atoms with Crippen LogP contribution in [-0.4, -0.2) is 42.4 Å². The maximum absolute atomic E-state index is 11.2. The summed E-state index contributed by atoms with van der Waals surface area (Å²) in [5.41, 5.74) is 5.11. The van der Waals surface area contributed by atoms with E-state index in [4.69, 9.17) is 71.5 Å². The minimum atomic E-state index is -1.05. The lowest BCUT2D eigenvalue weighted by Gasteiger charge is -2.10. The van der Waals surface area contributed by atoms with Crippen LogP contribution in [0.3, 0.4) is 0 Å². The van der Waals surface area contributed by atoms with Gasteiger partial charge < -0.3 is 25.1 Å². The quantitative estimate of drug-likeness (QED) is 0.405. The highest BCUT2D eigenvalue weighted by atomic mass is 35.5. The number of hydrogen-bond donors (Lipinski definition) is 2. The topological polar surface area (TPSA) is 108 Å². The minimum Gasteiger partial charge on any atom is -0.480 e. The second-order valence-corrected chi connectivity index (χ2v) is 8.59. The predicted molar refractivity (Wildman–Crippen MR) is 132 cm³/mol. The lowest BCUT2D eigenvalue weighted by molar-refractivity contribution is -0.149. The van der Waals surface area contributed by atoms with Crippen LogP contribution in [0.4, 0.5) is 0 Å². The molecule has 0 spiro atoms. The fraction of sp³-hybridized carbons (Fsp3) is 0.364. The number of carboxylic acid groups (broad SMARTS) is 1. The number of carboxylic acids is 1. The Morgan fingerprint density at radius 3 is 1.58 bits per heavy atom. The maximum atomic E-state index is 11.2. The van der Waals surface area contributed by atoms with Gasteiger partial charge in [0, 0.05) is 10.0 Å². The molecule has 0 fully saturated rings. The number of halogens is 4. The first-order valence-corrected chi connectivity index (χ1v) is 11.2. The Balaban J connectivity index is 0.000000542. The van der Waals surface area contributed by atoms with Gasteiger partial charge in [-0.3, -0.25) is 0 Å². The number of ether oxygens (including phenoxy) is 3. The fourth-order valence-corrected chi connectivity index (χ4v) is 2.68. The highest BCUT2D eigenvalue weighted by Gasteiger charge is 2.08. The fourth-order valence-electron chi connectivity index (χ4n) is 1.76. The van der Waals surface area contributed by atoms with E-state index in [1.807, 2.05) is 13.8 Å². The number of esters is 1. The Morgan fingerprint density at radius 2 is 1.24 bits per heavy atom. The van der Waals surface area contributed by atoms with Crippen molar-refractivity contribution in [1.82, 2.24) is 0 Å². The van der Waals surface area contributed by atoms with Gasteiger partial charge in [-0.05, 0) is 56.3 Å². The van der Waals surface area contributed by atoms with Crippen molar-refractivity contribution in [2.24, 2.45) is 5.73 Å². The van der Waals surface area contributed by atoms with Crippen molar-refractivity contribution in [3.05, 3.63) is 56.5 Å². The SMILES string of the molecule is CC(C)N.CC(C)OC(=O)COc1ccc(Cl)cc1Cl.O=C(O)COc1ccc(Cl)cc1Cl. The molecule has 184 valence electrons. The molecule has 11 heteroatoms. The Hall–Kier alpha value is -1.90. The summed E-state index contributed by atoms with van der Waals surface area (Å²) in [5.74, 6) is -0.757. The molecular weight excluding hydrogens is 516 g/mol. The molecule has 0 radical (unpaired) electrons. The Kier molecular flexibility index (Phi) is 15.7. The standard InChI is InChI=1S/C11H12Cl2O3.C8H6Cl2O3.C3H9N/c1-7(2)16-11(14)6-15-10-4-3-8(12)5-9(10)13;9-5-1-2-7(6(10)3-5)13-4-8(11)12;1-3(2)4/h3-5,7H,6H2,1-2H3;1-3H,4H2,(H,11,12);3H,4H2,1-2H3. The molecule has 33 heavy (non-hydrogen) atoms. The molecule has 0 atom stereocenters. The van der Waals surface area contributed by atoms with Crippen molar-refractivity contribution >= 4 is 58.3 Å². The van der Waals surface area contributed by atoms with Gasteiger partial charge in [-0.2, -0.15) is 0 Å². The van der Waals surface area contributed by atoms with Gasteiger partial charge in [0.2, 0.25) is 0 Å². The molecule has 2 aromatic rings. The molecule has 0 saturated carbocycles. The highest BCUT2D eigenvalue weighted by molar-refractivity contribution is 6.36. The van der Waals surface area contributed by atoms with E-state index in [9.17, 15) is 9.59 Å². The lowest BCUT2D eigenvalue weighted by Crippen LogP contribution is -2.18. The largest absolute Gasteiger partial charge is 0.480 e. The maximum Gasteiger partial charge on any atom is 0.344 e. The molecule has 0 amide bonds. The van der Waals surface area contributed by atoms with Gasteiger partial charge in [0.15, 0.2) is 13.2 Å². The third kappa shape index (κ3) is 16.4. The number of hydrogen-bond acceptors (Lipinski definition) is 6. The Morgan fingerprint density at radius 1 is 0.848 bits per heavy atom. The summed E-state index contributed by atoms with van der Waals surface area (Å²) in [6.45, 7) is 6.85. The van der Waals surface area contributed by atoms with E-state index in [0.29, 0.717) is 37.6 Å². The molecule has 0 unspecified atom stereocenters. The Bertz CT molecular complexity index is 890. The molecular formula is C22H27Cl4NO6. The molecule has 2 aromatic carbocycles. The zero-order valence-corrected chi connectivity index (χ0v) is 21.6.